The first kappa shape index (κ1) is 14.9. The van der Waals surface area contributed by atoms with Gasteiger partial charge in [0, 0.05) is 26.2 Å². The number of likely N-dealkylation sites (tertiary alicyclic amines) is 1. The number of aliphatic hydroxyl groups excluding tert-OH is 1. The molecule has 4 heteroatoms. The van der Waals surface area contributed by atoms with Gasteiger partial charge in [0.2, 0.25) is 0 Å². The van der Waals surface area contributed by atoms with E-state index in [1.165, 1.54) is 12.8 Å². The molecule has 0 saturated carbocycles. The van der Waals surface area contributed by atoms with E-state index in [0.29, 0.717) is 5.92 Å². The van der Waals surface area contributed by atoms with Gasteiger partial charge in [0.1, 0.15) is 0 Å². The highest BCUT2D eigenvalue weighted by Gasteiger charge is 2.21. The highest BCUT2D eigenvalue weighted by Crippen LogP contribution is 2.16. The van der Waals surface area contributed by atoms with Crippen molar-refractivity contribution in [1.29, 1.82) is 0 Å². The topological polar surface area (TPSA) is 44.7 Å². The summed E-state index contributed by atoms with van der Waals surface area (Å²) < 4.78 is 5.23. The van der Waals surface area contributed by atoms with E-state index >= 15 is 0 Å². The lowest BCUT2D eigenvalue weighted by Gasteiger charge is -2.34. The van der Waals surface area contributed by atoms with Gasteiger partial charge in [-0.15, -0.1) is 0 Å². The smallest absolute Gasteiger partial charge is 0.0597 e. The molecule has 1 heterocycles. The third-order valence-corrected chi connectivity index (χ3v) is 3.39. The van der Waals surface area contributed by atoms with Gasteiger partial charge in [-0.25, -0.2) is 0 Å². The number of hydrogen-bond acceptors (Lipinski definition) is 4. The number of methoxy groups -OCH3 is 1. The minimum atomic E-state index is 0.219. The van der Waals surface area contributed by atoms with E-state index in [0.717, 1.165) is 39.2 Å². The van der Waals surface area contributed by atoms with E-state index in [4.69, 9.17) is 4.74 Å². The Balaban J connectivity index is 2.27. The first-order valence-corrected chi connectivity index (χ1v) is 6.85. The van der Waals surface area contributed by atoms with E-state index in [1.54, 1.807) is 7.11 Å². The Bertz CT molecular complexity index is 188. The summed E-state index contributed by atoms with van der Waals surface area (Å²) in [4.78, 5) is 2.46. The second-order valence-electron chi connectivity index (χ2n) is 5.06. The van der Waals surface area contributed by atoms with Crippen LogP contribution in [-0.2, 0) is 4.74 Å². The van der Waals surface area contributed by atoms with Gasteiger partial charge in [-0.2, -0.15) is 0 Å². The number of ether oxygens (including phenoxy) is 1. The predicted octanol–water partition coefficient (Wildman–Crippen LogP) is 0.705. The maximum absolute atomic E-state index is 9.34. The van der Waals surface area contributed by atoms with Crippen molar-refractivity contribution in [2.45, 2.75) is 32.2 Å². The second-order valence-corrected chi connectivity index (χ2v) is 5.06. The zero-order chi connectivity index (χ0) is 12.5. The molecule has 0 aromatic heterocycles. The molecule has 17 heavy (non-hydrogen) atoms. The molecular formula is C13H28N2O2. The van der Waals surface area contributed by atoms with Gasteiger partial charge in [-0.05, 0) is 38.3 Å². The average Bonchev–Trinajstić information content (AvgIpc) is 2.35. The van der Waals surface area contributed by atoms with Gasteiger partial charge in [0.25, 0.3) is 0 Å². The number of rotatable bonds is 8. The van der Waals surface area contributed by atoms with Crippen LogP contribution in [0.3, 0.4) is 0 Å². The van der Waals surface area contributed by atoms with Gasteiger partial charge in [0.05, 0.1) is 13.2 Å². The van der Waals surface area contributed by atoms with E-state index in [-0.39, 0.29) is 12.6 Å². The first-order chi connectivity index (χ1) is 8.30. The van der Waals surface area contributed by atoms with Crippen molar-refractivity contribution in [3.63, 3.8) is 0 Å². The zero-order valence-corrected chi connectivity index (χ0v) is 11.3. The summed E-state index contributed by atoms with van der Waals surface area (Å²) in [6.07, 6.45) is 3.64. The molecule has 1 aliphatic heterocycles. The molecule has 2 atom stereocenters. The molecule has 1 aliphatic rings. The molecule has 0 radical (unpaired) electrons. The van der Waals surface area contributed by atoms with E-state index in [2.05, 4.69) is 17.1 Å². The standard InChI is InChI=1S/C13H28N2O2/c1-3-6-14-13(10-16)9-15-7-4-5-12(8-15)11-17-2/h12-14,16H,3-11H2,1-2H3. The molecule has 1 fully saturated rings. The Hall–Kier alpha value is -0.160. The zero-order valence-electron chi connectivity index (χ0n) is 11.3. The quantitative estimate of drug-likeness (QED) is 0.660. The minimum Gasteiger partial charge on any atom is -0.395 e. The summed E-state index contributed by atoms with van der Waals surface area (Å²) in [6, 6.07) is 0.219. The monoisotopic (exact) mass is 244 g/mol. The largest absolute Gasteiger partial charge is 0.395 e. The second kappa shape index (κ2) is 8.86. The molecule has 0 amide bonds. The van der Waals surface area contributed by atoms with Crippen molar-refractivity contribution in [2.24, 2.45) is 5.92 Å². The molecule has 0 spiro atoms. The highest BCUT2D eigenvalue weighted by molar-refractivity contribution is 4.77. The van der Waals surface area contributed by atoms with Crippen molar-refractivity contribution in [1.82, 2.24) is 10.2 Å². The molecule has 0 bridgehead atoms. The molecule has 0 aromatic carbocycles. The fraction of sp³-hybridized carbons (Fsp3) is 1.00. The van der Waals surface area contributed by atoms with Crippen LogP contribution in [-0.4, -0.2) is 62.6 Å². The number of nitrogens with one attached hydrogen (secondary N) is 1. The van der Waals surface area contributed by atoms with Crippen molar-refractivity contribution in [3.05, 3.63) is 0 Å². The third-order valence-electron chi connectivity index (χ3n) is 3.39. The van der Waals surface area contributed by atoms with Crippen LogP contribution in [0.5, 0.6) is 0 Å². The summed E-state index contributed by atoms with van der Waals surface area (Å²) >= 11 is 0. The fourth-order valence-electron chi connectivity index (χ4n) is 2.54. The molecule has 102 valence electrons. The van der Waals surface area contributed by atoms with Crippen molar-refractivity contribution in [2.75, 3.05) is 46.5 Å². The first-order valence-electron chi connectivity index (χ1n) is 6.85. The molecule has 4 nitrogen and oxygen atoms in total. The summed E-state index contributed by atoms with van der Waals surface area (Å²) in [5, 5.41) is 12.7. The Kier molecular flexibility index (Phi) is 7.77. The van der Waals surface area contributed by atoms with Crippen LogP contribution in [0.4, 0.5) is 0 Å². The predicted molar refractivity (Wildman–Crippen MR) is 70.2 cm³/mol. The Morgan fingerprint density at radius 3 is 3.00 bits per heavy atom. The third kappa shape index (κ3) is 5.82. The Morgan fingerprint density at radius 2 is 2.35 bits per heavy atom. The van der Waals surface area contributed by atoms with Crippen LogP contribution in [0.15, 0.2) is 0 Å². The summed E-state index contributed by atoms with van der Waals surface area (Å²) in [5.41, 5.74) is 0. The van der Waals surface area contributed by atoms with E-state index in [9.17, 15) is 5.11 Å². The maximum Gasteiger partial charge on any atom is 0.0597 e. The molecule has 1 rings (SSSR count). The lowest BCUT2D eigenvalue weighted by Crippen LogP contribution is -2.47. The highest BCUT2D eigenvalue weighted by atomic mass is 16.5. The van der Waals surface area contributed by atoms with Gasteiger partial charge in [0.15, 0.2) is 0 Å². The average molecular weight is 244 g/mol. The van der Waals surface area contributed by atoms with Gasteiger partial charge >= 0.3 is 0 Å². The number of hydrogen-bond donors (Lipinski definition) is 2. The van der Waals surface area contributed by atoms with Crippen LogP contribution < -0.4 is 5.32 Å². The Morgan fingerprint density at radius 1 is 1.53 bits per heavy atom. The summed E-state index contributed by atoms with van der Waals surface area (Å²) in [6.45, 7) is 7.45. The van der Waals surface area contributed by atoms with Gasteiger partial charge in [-0.3, -0.25) is 0 Å². The fourth-order valence-corrected chi connectivity index (χ4v) is 2.54. The van der Waals surface area contributed by atoms with Gasteiger partial charge in [-0.1, -0.05) is 6.92 Å². The van der Waals surface area contributed by atoms with Gasteiger partial charge < -0.3 is 20.1 Å². The van der Waals surface area contributed by atoms with Crippen LogP contribution in [0.25, 0.3) is 0 Å². The van der Waals surface area contributed by atoms with Crippen molar-refractivity contribution >= 4 is 0 Å². The van der Waals surface area contributed by atoms with Crippen molar-refractivity contribution in [3.8, 4) is 0 Å². The normalized spacial score (nSPS) is 23.8. The molecule has 2 unspecified atom stereocenters. The SMILES string of the molecule is CCCNC(CO)CN1CCCC(COC)C1. The van der Waals surface area contributed by atoms with Crippen LogP contribution in [0.1, 0.15) is 26.2 Å². The summed E-state index contributed by atoms with van der Waals surface area (Å²) in [5.74, 6) is 0.666. The van der Waals surface area contributed by atoms with Crippen LogP contribution >= 0.6 is 0 Å². The Labute approximate surface area is 105 Å². The lowest BCUT2D eigenvalue weighted by atomic mass is 9.98. The van der Waals surface area contributed by atoms with Crippen molar-refractivity contribution < 1.29 is 9.84 Å². The molecule has 0 aliphatic carbocycles. The maximum atomic E-state index is 9.34. The molecule has 1 saturated heterocycles. The lowest BCUT2D eigenvalue weighted by molar-refractivity contribution is 0.0799. The van der Waals surface area contributed by atoms with E-state index < -0.39 is 0 Å². The molecular weight excluding hydrogens is 216 g/mol. The minimum absolute atomic E-state index is 0.219. The number of piperidine rings is 1. The van der Waals surface area contributed by atoms with E-state index in [1.807, 2.05) is 0 Å². The molecule has 0 aromatic rings. The number of aliphatic hydroxyl groups is 1. The number of nitrogens with zero attached hydrogens (tertiary/aromatic N) is 1. The van der Waals surface area contributed by atoms with Crippen LogP contribution in [0.2, 0.25) is 0 Å². The molecule has 2 N–H and O–H groups in total. The van der Waals surface area contributed by atoms with Crippen LogP contribution in [0, 0.1) is 5.92 Å². The summed E-state index contributed by atoms with van der Waals surface area (Å²) in [7, 11) is 1.78.